The largest absolute Gasteiger partial charge is 0.453 e. The highest BCUT2D eigenvalue weighted by Gasteiger charge is 2.50. The summed E-state index contributed by atoms with van der Waals surface area (Å²) in [5.74, 6) is 1.51. The Balaban J connectivity index is 0.977. The molecule has 56 heavy (non-hydrogen) atoms. The van der Waals surface area contributed by atoms with Crippen molar-refractivity contribution in [3.63, 3.8) is 0 Å². The van der Waals surface area contributed by atoms with E-state index < -0.39 is 24.3 Å². The maximum atomic E-state index is 13.6. The second-order valence-electron chi connectivity index (χ2n) is 15.9. The zero-order chi connectivity index (χ0) is 39.2. The molecule has 14 heteroatoms. The van der Waals surface area contributed by atoms with E-state index in [9.17, 15) is 19.2 Å². The Morgan fingerprint density at radius 1 is 0.786 bits per heavy atom. The smallest absolute Gasteiger partial charge is 0.407 e. The van der Waals surface area contributed by atoms with Crippen LogP contribution in [-0.2, 0) is 31.9 Å². The van der Waals surface area contributed by atoms with Crippen molar-refractivity contribution in [2.24, 2.45) is 11.8 Å². The molecular weight excluding hydrogens is 713 g/mol. The van der Waals surface area contributed by atoms with E-state index in [1.54, 1.807) is 6.92 Å². The Morgan fingerprint density at radius 3 is 2.02 bits per heavy atom. The van der Waals surface area contributed by atoms with Crippen LogP contribution < -0.4 is 10.6 Å². The van der Waals surface area contributed by atoms with Gasteiger partial charge in [0.05, 0.1) is 50.1 Å². The van der Waals surface area contributed by atoms with Gasteiger partial charge in [-0.15, -0.1) is 0 Å². The van der Waals surface area contributed by atoms with Crippen LogP contribution in [-0.4, -0.2) is 92.6 Å². The Kier molecular flexibility index (Phi) is 10.1. The van der Waals surface area contributed by atoms with E-state index in [2.05, 4.69) is 57.0 Å². The molecule has 2 bridgehead atoms. The van der Waals surface area contributed by atoms with Crippen LogP contribution in [0.15, 0.2) is 48.8 Å². The molecule has 0 unspecified atom stereocenters. The molecule has 0 spiro atoms. The maximum Gasteiger partial charge on any atom is 0.407 e. The second-order valence-corrected chi connectivity index (χ2v) is 15.9. The molecule has 2 aromatic carbocycles. The zero-order valence-electron chi connectivity index (χ0n) is 32.6. The molecule has 4 aromatic rings. The normalized spacial score (nSPS) is 22.0. The van der Waals surface area contributed by atoms with Gasteiger partial charge in [0.2, 0.25) is 11.8 Å². The van der Waals surface area contributed by atoms with E-state index in [1.165, 1.54) is 36.5 Å². The number of aromatic amines is 2. The van der Waals surface area contributed by atoms with Crippen LogP contribution in [0.1, 0.15) is 87.7 Å². The average molecular weight is 763 g/mol. The predicted molar refractivity (Wildman–Crippen MR) is 208 cm³/mol. The molecule has 294 valence electrons. The third-order valence-corrected chi connectivity index (χ3v) is 12.2. The standard InChI is InChI=1S/C42H50N8O6/c1-22(2)35(48-42(54)56-5)40(52)49-16-6-7-34(49)37-43-20-32(46-37)26-11-14-30-24(17-26)8-9-25-18-27(12-15-31(25)30)33-21-44-38(47-33)36-28-10-13-29(19-28)50(36)39(51)23(3)45-41(53)55-4/h11-12,14-15,17-18,20-23,28-29,34-36H,6-10,13,16,19H2,1-5H3,(H,43,46)(H,44,47)(H,45,53)(H,48,54)/t23-,28+,29+,34-,35-,36-/m0/s1. The van der Waals surface area contributed by atoms with Crippen LogP contribution in [0.3, 0.4) is 0 Å². The summed E-state index contributed by atoms with van der Waals surface area (Å²) in [5.41, 5.74) is 8.87. The lowest BCUT2D eigenvalue weighted by molar-refractivity contribution is -0.138. The highest BCUT2D eigenvalue weighted by molar-refractivity contribution is 5.87. The summed E-state index contributed by atoms with van der Waals surface area (Å²) in [6.07, 6.45) is 8.85. The summed E-state index contributed by atoms with van der Waals surface area (Å²) in [5, 5.41) is 5.34. The van der Waals surface area contributed by atoms with Crippen molar-refractivity contribution in [3.8, 4) is 33.6 Å². The number of piperidine rings is 1. The minimum absolute atomic E-state index is 0.101. The number of nitrogens with zero attached hydrogens (tertiary/aromatic N) is 4. The first-order valence-corrected chi connectivity index (χ1v) is 19.7. The van der Waals surface area contributed by atoms with E-state index in [4.69, 9.17) is 19.4 Å². The van der Waals surface area contributed by atoms with Crippen LogP contribution in [0.4, 0.5) is 9.59 Å². The molecular formula is C42H50N8O6. The monoisotopic (exact) mass is 762 g/mol. The van der Waals surface area contributed by atoms with Crippen molar-refractivity contribution in [2.45, 2.75) is 95.9 Å². The van der Waals surface area contributed by atoms with Gasteiger partial charge in [0.15, 0.2) is 0 Å². The lowest BCUT2D eigenvalue weighted by Gasteiger charge is -2.36. The van der Waals surface area contributed by atoms with Gasteiger partial charge in [-0.2, -0.15) is 0 Å². The molecule has 14 nitrogen and oxygen atoms in total. The molecule has 1 saturated carbocycles. The third-order valence-electron chi connectivity index (χ3n) is 12.2. The van der Waals surface area contributed by atoms with Crippen LogP contribution in [0.5, 0.6) is 0 Å². The Labute approximate surface area is 326 Å². The van der Waals surface area contributed by atoms with E-state index in [1.807, 2.05) is 36.0 Å². The highest BCUT2D eigenvalue weighted by atomic mass is 16.5. The number of aromatic nitrogens is 4. The Hall–Kier alpha value is -5.66. The molecule has 6 atom stereocenters. The number of imidazole rings is 2. The van der Waals surface area contributed by atoms with Crippen molar-refractivity contribution in [1.82, 2.24) is 40.4 Å². The van der Waals surface area contributed by atoms with Crippen LogP contribution in [0, 0.1) is 11.8 Å². The van der Waals surface area contributed by atoms with Crippen molar-refractivity contribution in [3.05, 3.63) is 71.6 Å². The summed E-state index contributed by atoms with van der Waals surface area (Å²) in [4.78, 5) is 71.4. The number of aryl methyl sites for hydroxylation is 2. The molecule has 4 N–H and O–H groups in total. The number of hydrogen-bond donors (Lipinski definition) is 4. The van der Waals surface area contributed by atoms with Crippen LogP contribution in [0.2, 0.25) is 0 Å². The fraction of sp³-hybridized carbons (Fsp3) is 0.476. The number of carbonyl (C=O) groups excluding carboxylic acids is 4. The molecule has 4 amide bonds. The maximum absolute atomic E-state index is 13.6. The number of hydrogen-bond acceptors (Lipinski definition) is 8. The summed E-state index contributed by atoms with van der Waals surface area (Å²) in [6.45, 7) is 6.12. The van der Waals surface area contributed by atoms with Crippen molar-refractivity contribution >= 4 is 24.0 Å². The van der Waals surface area contributed by atoms with Crippen molar-refractivity contribution in [1.29, 1.82) is 0 Å². The van der Waals surface area contributed by atoms with Crippen molar-refractivity contribution in [2.75, 3.05) is 20.8 Å². The van der Waals surface area contributed by atoms with Gasteiger partial charge in [-0.3, -0.25) is 9.59 Å². The van der Waals surface area contributed by atoms with E-state index >= 15 is 0 Å². The van der Waals surface area contributed by atoms with Crippen LogP contribution in [0.25, 0.3) is 33.6 Å². The van der Waals surface area contributed by atoms with E-state index in [0.717, 1.165) is 79.1 Å². The molecule has 4 heterocycles. The average Bonchev–Trinajstić information content (AvgIpc) is 4.06. The minimum Gasteiger partial charge on any atom is -0.453 e. The van der Waals surface area contributed by atoms with Crippen molar-refractivity contribution < 1.29 is 28.7 Å². The first-order chi connectivity index (χ1) is 27.0. The molecule has 2 aliphatic carbocycles. The zero-order valence-corrected chi connectivity index (χ0v) is 32.6. The molecule has 2 aromatic heterocycles. The van der Waals surface area contributed by atoms with Gasteiger partial charge >= 0.3 is 12.2 Å². The minimum atomic E-state index is -0.697. The van der Waals surface area contributed by atoms with Gasteiger partial charge in [-0.1, -0.05) is 38.1 Å². The molecule has 0 radical (unpaired) electrons. The number of rotatable bonds is 9. The number of methoxy groups -OCH3 is 2. The van der Waals surface area contributed by atoms with Gasteiger partial charge in [-0.05, 0) is 109 Å². The molecule has 3 fully saturated rings. The molecule has 8 rings (SSSR count). The number of ether oxygens (including phenoxy) is 2. The summed E-state index contributed by atoms with van der Waals surface area (Å²) in [6, 6.07) is 11.5. The number of amides is 4. The van der Waals surface area contributed by atoms with E-state index in [-0.39, 0.29) is 35.9 Å². The quantitative estimate of drug-likeness (QED) is 0.159. The number of fused-ring (bicyclic) bond motifs is 5. The topological polar surface area (TPSA) is 175 Å². The molecule has 2 aliphatic heterocycles. The lowest BCUT2D eigenvalue weighted by Crippen LogP contribution is -2.51. The SMILES string of the molecule is COC(=O)N[C@@H](C)C(=O)N1[C@@H]2CC[C@H](C2)[C@H]1c1ncc(-c2ccc3c(c2)CCc2cc(-c4cnc([C@@H]5CCCN5C(=O)[C@@H](NC(=O)OC)C(C)C)[nH]4)ccc2-3)[nH]1. The highest BCUT2D eigenvalue weighted by Crippen LogP contribution is 2.50. The Bertz CT molecular complexity index is 2160. The van der Waals surface area contributed by atoms with E-state index in [0.29, 0.717) is 12.5 Å². The fourth-order valence-corrected chi connectivity index (χ4v) is 9.39. The Morgan fingerprint density at radius 2 is 1.39 bits per heavy atom. The van der Waals surface area contributed by atoms with Gasteiger partial charge in [0, 0.05) is 12.6 Å². The fourth-order valence-electron chi connectivity index (χ4n) is 9.39. The summed E-state index contributed by atoms with van der Waals surface area (Å²) in [7, 11) is 2.59. The van der Waals surface area contributed by atoms with Crippen LogP contribution >= 0.6 is 0 Å². The number of carbonyl (C=O) groups is 4. The lowest BCUT2D eigenvalue weighted by atomic mass is 9.83. The molecule has 2 saturated heterocycles. The summed E-state index contributed by atoms with van der Waals surface area (Å²) >= 11 is 0. The third kappa shape index (κ3) is 6.79. The first kappa shape index (κ1) is 37.3. The number of nitrogens with one attached hydrogen (secondary N) is 4. The second kappa shape index (κ2) is 15.1. The first-order valence-electron chi connectivity index (χ1n) is 19.7. The number of H-pyrrole nitrogens is 2. The molecule has 4 aliphatic rings. The van der Waals surface area contributed by atoms with Gasteiger partial charge in [-0.25, -0.2) is 19.6 Å². The summed E-state index contributed by atoms with van der Waals surface area (Å²) < 4.78 is 9.50. The van der Waals surface area contributed by atoms with Gasteiger partial charge in [0.25, 0.3) is 0 Å². The van der Waals surface area contributed by atoms with Gasteiger partial charge < -0.3 is 39.9 Å². The number of likely N-dealkylation sites (tertiary alicyclic amines) is 2. The number of benzene rings is 2. The predicted octanol–water partition coefficient (Wildman–Crippen LogP) is 6.07. The van der Waals surface area contributed by atoms with Gasteiger partial charge in [0.1, 0.15) is 23.7 Å². The number of alkyl carbamates (subject to hydrolysis) is 2.